The van der Waals surface area contributed by atoms with E-state index in [2.05, 4.69) is 435 Å². The van der Waals surface area contributed by atoms with Gasteiger partial charge in [-0.2, -0.15) is 0 Å². The van der Waals surface area contributed by atoms with Crippen molar-refractivity contribution in [2.45, 2.75) is 203 Å². The van der Waals surface area contributed by atoms with Crippen molar-refractivity contribution >= 4 is 85.1 Å². The zero-order valence-corrected chi connectivity index (χ0v) is 70.2. The van der Waals surface area contributed by atoms with E-state index in [4.69, 9.17) is 0 Å². The van der Waals surface area contributed by atoms with Crippen molar-refractivity contribution in [3.05, 3.63) is 311 Å². The third-order valence-electron chi connectivity index (χ3n) is 24.5. The van der Waals surface area contributed by atoms with Gasteiger partial charge in [-0.1, -0.05) is 335 Å². The largest absolute Gasteiger partial charge is 0.311 e. The molecular formula is C107H112BN3. The number of anilines is 9. The normalized spacial score (nSPS) is 14.1. The van der Waals surface area contributed by atoms with Crippen molar-refractivity contribution in [3.8, 4) is 55.6 Å². The third-order valence-corrected chi connectivity index (χ3v) is 24.5. The van der Waals surface area contributed by atoms with E-state index in [1.807, 2.05) is 0 Å². The number of nitrogens with zero attached hydrogens (tertiary/aromatic N) is 3. The summed E-state index contributed by atoms with van der Waals surface area (Å²) in [5.74, 6) is 0. The Kier molecular flexibility index (Phi) is 17.7. The molecule has 0 amide bonds. The molecule has 16 rings (SSSR count). The van der Waals surface area contributed by atoms with Gasteiger partial charge in [0.15, 0.2) is 0 Å². The monoisotopic (exact) mass is 1450 g/mol. The fourth-order valence-electron chi connectivity index (χ4n) is 17.6. The second kappa shape index (κ2) is 26.4. The Balaban J connectivity index is 1.06. The molecule has 0 spiro atoms. The molecule has 2 aliphatic heterocycles. The van der Waals surface area contributed by atoms with Gasteiger partial charge in [-0.15, -0.1) is 0 Å². The molecule has 0 N–H and O–H groups in total. The first-order valence-corrected chi connectivity index (χ1v) is 40.6. The van der Waals surface area contributed by atoms with Gasteiger partial charge in [-0.05, 0) is 256 Å². The topological polar surface area (TPSA) is 9.72 Å². The molecule has 0 fully saturated rings. The molecule has 13 aromatic carbocycles. The lowest BCUT2D eigenvalue weighted by molar-refractivity contribution is 0.590. The van der Waals surface area contributed by atoms with Gasteiger partial charge in [0.25, 0.3) is 6.71 Å². The summed E-state index contributed by atoms with van der Waals surface area (Å²) < 4.78 is 0. The van der Waals surface area contributed by atoms with E-state index in [9.17, 15) is 0 Å². The van der Waals surface area contributed by atoms with E-state index >= 15 is 0 Å². The van der Waals surface area contributed by atoms with Crippen molar-refractivity contribution in [1.82, 2.24) is 0 Å². The maximum atomic E-state index is 2.68. The van der Waals surface area contributed by atoms with E-state index in [0.29, 0.717) is 0 Å². The van der Waals surface area contributed by atoms with Gasteiger partial charge in [-0.3, -0.25) is 0 Å². The molecule has 1 aliphatic carbocycles. The number of benzene rings is 13. The average molecular weight is 1450 g/mol. The zero-order chi connectivity index (χ0) is 78.8. The number of hydrogen-bond acceptors (Lipinski definition) is 3. The molecule has 0 bridgehead atoms. The summed E-state index contributed by atoms with van der Waals surface area (Å²) in [6.07, 6.45) is 0. The lowest BCUT2D eigenvalue weighted by Gasteiger charge is -2.46. The molecule has 0 atom stereocenters. The van der Waals surface area contributed by atoms with Gasteiger partial charge in [0.2, 0.25) is 0 Å². The van der Waals surface area contributed by atoms with Crippen molar-refractivity contribution in [2.75, 3.05) is 14.7 Å². The summed E-state index contributed by atoms with van der Waals surface area (Å²) in [5, 5.41) is 2.55. The summed E-state index contributed by atoms with van der Waals surface area (Å²) in [4.78, 5) is 7.95. The van der Waals surface area contributed by atoms with Gasteiger partial charge in [-0.25, -0.2) is 0 Å². The van der Waals surface area contributed by atoms with Crippen LogP contribution in [0.1, 0.15) is 209 Å². The van der Waals surface area contributed by atoms with E-state index in [1.54, 1.807) is 0 Å². The van der Waals surface area contributed by atoms with E-state index in [0.717, 1.165) is 62.1 Å². The van der Waals surface area contributed by atoms with Crippen LogP contribution >= 0.6 is 0 Å². The summed E-state index contributed by atoms with van der Waals surface area (Å²) in [6, 6.07) is 103. The highest BCUT2D eigenvalue weighted by Crippen LogP contribution is 2.56. The minimum absolute atomic E-state index is 0.0127. The molecule has 3 aliphatic rings. The minimum Gasteiger partial charge on any atom is -0.311 e. The first kappa shape index (κ1) is 74.7. The van der Waals surface area contributed by atoms with Crippen LogP contribution in [0.3, 0.4) is 0 Å². The fourth-order valence-corrected chi connectivity index (χ4v) is 17.6. The van der Waals surface area contributed by atoms with Crippen LogP contribution in [0.15, 0.2) is 261 Å². The highest BCUT2D eigenvalue weighted by molar-refractivity contribution is 7.00. The second-order valence-electron chi connectivity index (χ2n) is 40.1. The highest BCUT2D eigenvalue weighted by atomic mass is 15.2. The summed E-state index contributed by atoms with van der Waals surface area (Å²) in [5.41, 5.74) is 36.9. The maximum absolute atomic E-state index is 2.68. The molecule has 111 heavy (non-hydrogen) atoms. The smallest absolute Gasteiger partial charge is 0.252 e. The predicted octanol–water partition coefficient (Wildman–Crippen LogP) is 28.4. The Morgan fingerprint density at radius 1 is 0.270 bits per heavy atom. The summed E-state index contributed by atoms with van der Waals surface area (Å²) in [7, 11) is 0. The Bertz CT molecular complexity index is 5650. The minimum atomic E-state index is -0.330. The lowest BCUT2D eigenvalue weighted by Crippen LogP contribution is -2.61. The Hall–Kier alpha value is -10.4. The Morgan fingerprint density at radius 3 is 1.04 bits per heavy atom. The number of fused-ring (bicyclic) bond motifs is 9. The van der Waals surface area contributed by atoms with Gasteiger partial charge in [0.1, 0.15) is 0 Å². The van der Waals surface area contributed by atoms with Crippen LogP contribution in [0.4, 0.5) is 51.2 Å². The van der Waals surface area contributed by atoms with Crippen LogP contribution in [0.2, 0.25) is 0 Å². The quantitative estimate of drug-likeness (QED) is 0.133. The number of rotatable bonds is 9. The SMILES string of the molecule is CC(C)(C)c1ccc(-c2cc(-c3ccc(C(C)(C)C)cc3)cc(N(c3cc4c5c(c3)N(c3cc(-c6ccc(C(C)(C)C)cc6)cc(-c6ccc(C(C)(C)C)cc6)c3)c3ccc(C(C)(C)C)cc3B5c3cc(C(C)(C)C)ccc3N4c3ccc(C(C)(C)C)cc3)c3ccc4c(c3)C(C)(C)c3ccc5ccccc5c3-4)c2)cc1. The van der Waals surface area contributed by atoms with E-state index in [1.165, 1.54) is 122 Å². The van der Waals surface area contributed by atoms with Crippen LogP contribution in [0.25, 0.3) is 66.4 Å². The van der Waals surface area contributed by atoms with Gasteiger partial charge in [0.05, 0.1) is 5.69 Å². The Morgan fingerprint density at radius 2 is 0.631 bits per heavy atom. The summed E-state index contributed by atoms with van der Waals surface area (Å²) in [6.45, 7) is 53.7. The standard InChI is InChI=1S/C107H112BN3/c1-100(2,3)76-37-28-67(29-38-76)72-56-73(68-30-39-77(40-31-68)101(4,5)6)59-85(58-72)109(84-51-52-89-91(64-84)107(22,23)90-53-36-71-26-24-25-27-88(71)98(89)90)87-65-96-99-97(66-87)111(86-60-74(69-32-41-78(42-33-69)102(7,8)9)57-75(61-86)70-34-43-79(44-35-70)103(10,11)12)95-55-48-82(106(19,20)21)63-93(95)108(99)92-62-81(105(16,17)18)47-54-94(92)110(96)83-49-45-80(46-50-83)104(13,14)15/h24-66H,1-23H3. The first-order valence-electron chi connectivity index (χ1n) is 40.6. The van der Waals surface area contributed by atoms with Crippen molar-refractivity contribution in [2.24, 2.45) is 0 Å². The second-order valence-corrected chi connectivity index (χ2v) is 40.1. The molecule has 0 saturated heterocycles. The molecular weight excluding hydrogens is 1340 g/mol. The first-order chi connectivity index (χ1) is 52.2. The highest BCUT2D eigenvalue weighted by Gasteiger charge is 2.46. The van der Waals surface area contributed by atoms with Crippen LogP contribution in [0.5, 0.6) is 0 Å². The van der Waals surface area contributed by atoms with Crippen molar-refractivity contribution < 1.29 is 0 Å². The van der Waals surface area contributed by atoms with Crippen LogP contribution < -0.4 is 31.1 Å². The number of hydrogen-bond donors (Lipinski definition) is 0. The summed E-state index contributed by atoms with van der Waals surface area (Å²) >= 11 is 0. The zero-order valence-electron chi connectivity index (χ0n) is 70.2. The van der Waals surface area contributed by atoms with Gasteiger partial charge in [0, 0.05) is 50.9 Å². The molecule has 0 saturated carbocycles. The maximum Gasteiger partial charge on any atom is 0.252 e. The molecule has 4 heteroatoms. The molecule has 13 aromatic rings. The van der Waals surface area contributed by atoms with Gasteiger partial charge < -0.3 is 14.7 Å². The van der Waals surface area contributed by atoms with E-state index in [-0.39, 0.29) is 50.0 Å². The molecule has 0 unspecified atom stereocenters. The molecule has 0 aromatic heterocycles. The Labute approximate surface area is 664 Å². The molecule has 2 heterocycles. The van der Waals surface area contributed by atoms with Crippen LogP contribution in [0, 0.1) is 0 Å². The van der Waals surface area contributed by atoms with Crippen LogP contribution in [-0.2, 0) is 43.3 Å². The van der Waals surface area contributed by atoms with Crippen molar-refractivity contribution in [1.29, 1.82) is 0 Å². The lowest BCUT2D eigenvalue weighted by atomic mass is 9.33. The average Bonchev–Trinajstić information content (AvgIpc) is 1.07. The fraction of sp³-hybridized carbons (Fsp3) is 0.290. The molecule has 3 nitrogen and oxygen atoms in total. The molecule has 558 valence electrons. The van der Waals surface area contributed by atoms with Gasteiger partial charge >= 0.3 is 0 Å². The molecule has 0 radical (unpaired) electrons. The third kappa shape index (κ3) is 13.5. The predicted molar refractivity (Wildman–Crippen MR) is 483 cm³/mol. The van der Waals surface area contributed by atoms with E-state index < -0.39 is 0 Å². The van der Waals surface area contributed by atoms with Crippen LogP contribution in [-0.4, -0.2) is 6.71 Å². The van der Waals surface area contributed by atoms with Crippen molar-refractivity contribution in [3.63, 3.8) is 0 Å².